The van der Waals surface area contributed by atoms with Crippen molar-refractivity contribution in [3.05, 3.63) is 130 Å². The van der Waals surface area contributed by atoms with Crippen LogP contribution < -0.4 is 47.9 Å². The number of hydrogen-bond acceptors (Lipinski definition) is 16. The minimum absolute atomic E-state index is 0. The molecule has 4 heterocycles. The largest absolute Gasteiger partial charge is 1.00 e. The molecule has 8 rings (SSSR count). The van der Waals surface area contributed by atoms with E-state index in [9.17, 15) is 37.4 Å². The van der Waals surface area contributed by atoms with Gasteiger partial charge in [-0.3, -0.25) is 38.4 Å². The summed E-state index contributed by atoms with van der Waals surface area (Å²) in [6.45, 7) is 32.9. The van der Waals surface area contributed by atoms with E-state index in [1.54, 1.807) is 76.5 Å². The summed E-state index contributed by atoms with van der Waals surface area (Å²) in [5, 5.41) is 12.7. The van der Waals surface area contributed by atoms with Crippen LogP contribution in [0.15, 0.2) is 85.2 Å². The van der Waals surface area contributed by atoms with Crippen molar-refractivity contribution in [2.24, 2.45) is 0 Å². The van der Waals surface area contributed by atoms with Gasteiger partial charge in [-0.05, 0) is 121 Å². The second-order valence-electron chi connectivity index (χ2n) is 23.7. The van der Waals surface area contributed by atoms with Gasteiger partial charge < -0.3 is 47.9 Å². The van der Waals surface area contributed by atoms with Crippen molar-refractivity contribution in [2.75, 3.05) is 39.1 Å². The van der Waals surface area contributed by atoms with Gasteiger partial charge in [0.15, 0.2) is 18.9 Å². The third-order valence-corrected chi connectivity index (χ3v) is 31.9. The Balaban J connectivity index is 0.000000376. The molecule has 0 saturated heterocycles. The number of pyridine rings is 2. The molecule has 3 radical (unpaired) electrons. The van der Waals surface area contributed by atoms with Crippen LogP contribution in [0.1, 0.15) is 166 Å². The van der Waals surface area contributed by atoms with Gasteiger partial charge in [0.05, 0.1) is 55.2 Å². The van der Waals surface area contributed by atoms with Gasteiger partial charge in [0.2, 0.25) is 0 Å². The van der Waals surface area contributed by atoms with Crippen LogP contribution in [-0.2, 0) is 40.3 Å². The van der Waals surface area contributed by atoms with Crippen LogP contribution >= 0.6 is 15.2 Å². The normalized spacial score (nSPS) is 14.5. The first-order valence-electron chi connectivity index (χ1n) is 30.2. The molecule has 1 unspecified atom stereocenters. The molecule has 0 fully saturated rings. The molecular formula is C64H87BF2N4NaO14P2Si2. The van der Waals surface area contributed by atoms with Gasteiger partial charge in [-0.25, -0.2) is 8.78 Å². The average Bonchev–Trinajstić information content (AvgIpc) is 1.65. The Morgan fingerprint density at radius 1 is 0.522 bits per heavy atom. The monoisotopic (exact) mass is 1330 g/mol. The number of hydrogen-bond donors (Lipinski definition) is 1. The zero-order valence-electron chi connectivity index (χ0n) is 56.1. The summed E-state index contributed by atoms with van der Waals surface area (Å²) in [5.74, 6) is -1.69. The maximum Gasteiger partial charge on any atom is 1.00 e. The van der Waals surface area contributed by atoms with E-state index in [0.29, 0.717) is 38.7 Å². The number of benzene rings is 4. The fourth-order valence-corrected chi connectivity index (χ4v) is 26.0. The predicted octanol–water partition coefficient (Wildman–Crippen LogP) is 13.2. The molecule has 0 spiro atoms. The summed E-state index contributed by atoms with van der Waals surface area (Å²) >= 11 is 0. The van der Waals surface area contributed by atoms with Crippen molar-refractivity contribution in [3.8, 4) is 23.0 Å². The summed E-state index contributed by atoms with van der Waals surface area (Å²) < 4.78 is 103. The van der Waals surface area contributed by atoms with E-state index in [4.69, 9.17) is 36.4 Å². The Hall–Kier alpha value is -4.87. The van der Waals surface area contributed by atoms with Gasteiger partial charge in [-0.1, -0.05) is 107 Å². The molecule has 0 bridgehead atoms. The van der Waals surface area contributed by atoms with Crippen molar-refractivity contribution < 1.29 is 105 Å². The van der Waals surface area contributed by atoms with Gasteiger partial charge in [0, 0.05) is 38.1 Å². The van der Waals surface area contributed by atoms with Crippen molar-refractivity contribution in [1.29, 1.82) is 0 Å². The van der Waals surface area contributed by atoms with Crippen LogP contribution in [0.2, 0.25) is 33.2 Å². The number of carbonyl (C=O) groups is 3. The minimum atomic E-state index is -3.69. The Labute approximate surface area is 556 Å². The minimum Gasteiger partial charge on any atom is -1.00 e. The number of fused-ring (bicyclic) bond motifs is 4. The smallest absolute Gasteiger partial charge is 1.00 e. The molecule has 2 aliphatic heterocycles. The van der Waals surface area contributed by atoms with Gasteiger partial charge >= 0.3 is 44.7 Å². The SMILES string of the molecule is CCOP(=O)(COc1c2c(c(O[Si](C(C)C)(C(C)C)C(C)C)c3ncccc13)C(=O)N(Cc1ccc(F)cc1)C2=O)OCC.CCOP(=O)(COc1c2c(c(O[Si](C(C)C)(C(C)C)C(C)C)c3ncccc13)C(=O)N(Cc1ccc(F)cc1)C2O)OCC.[B].[H-].[Na+]. The molecule has 2 aromatic heterocycles. The Morgan fingerprint density at radius 3 is 1.24 bits per heavy atom. The van der Waals surface area contributed by atoms with E-state index >= 15 is 0 Å². The quantitative estimate of drug-likeness (QED) is 0.0275. The molecule has 26 heteroatoms. The molecule has 18 nitrogen and oxygen atoms in total. The predicted molar refractivity (Wildman–Crippen MR) is 348 cm³/mol. The van der Waals surface area contributed by atoms with Crippen molar-refractivity contribution in [3.63, 3.8) is 0 Å². The zero-order chi connectivity index (χ0) is 64.8. The second-order valence-corrected chi connectivity index (χ2v) is 38.4. The molecule has 1 N–H and O–H groups in total. The molecule has 90 heavy (non-hydrogen) atoms. The zero-order valence-corrected chi connectivity index (χ0v) is 60.8. The number of carbonyl (C=O) groups excluding carboxylic acids is 3. The molecule has 6 aromatic rings. The van der Waals surface area contributed by atoms with E-state index in [1.165, 1.54) is 41.3 Å². The molecule has 483 valence electrons. The number of amides is 3. The first kappa shape index (κ1) is 75.8. The number of halogens is 2. The average molecular weight is 1330 g/mol. The molecule has 1 atom stereocenters. The molecule has 2 aliphatic rings. The number of aromatic nitrogens is 2. The fourth-order valence-electron chi connectivity index (χ4n) is 12.9. The Kier molecular flexibility index (Phi) is 26.8. The van der Waals surface area contributed by atoms with E-state index in [1.807, 2.05) is 0 Å². The van der Waals surface area contributed by atoms with Crippen LogP contribution in [0.25, 0.3) is 21.8 Å². The maximum atomic E-state index is 14.3. The van der Waals surface area contributed by atoms with Gasteiger partial charge in [0.25, 0.3) is 34.4 Å². The topological polar surface area (TPSA) is 212 Å². The number of rotatable bonds is 28. The van der Waals surface area contributed by atoms with Crippen LogP contribution in [0.5, 0.6) is 23.0 Å². The van der Waals surface area contributed by atoms with Crippen LogP contribution in [0.4, 0.5) is 8.78 Å². The third-order valence-electron chi connectivity index (χ3n) is 16.5. The molecule has 0 aliphatic carbocycles. The van der Waals surface area contributed by atoms with Gasteiger partial charge in [0.1, 0.15) is 45.7 Å². The molecule has 4 aromatic carbocycles. The summed E-state index contributed by atoms with van der Waals surface area (Å²) in [4.78, 5) is 54.5. The van der Waals surface area contributed by atoms with Crippen molar-refractivity contribution in [2.45, 2.75) is 163 Å². The van der Waals surface area contributed by atoms with Crippen molar-refractivity contribution >= 4 is 79.8 Å². The molecule has 3 amide bonds. The van der Waals surface area contributed by atoms with E-state index in [0.717, 1.165) is 4.90 Å². The number of aliphatic hydroxyl groups is 1. The summed E-state index contributed by atoms with van der Waals surface area (Å²) in [6.07, 6.45) is 0.862. The number of imide groups is 1. The second kappa shape index (κ2) is 31.8. The Bertz CT molecular complexity index is 3540. The van der Waals surface area contributed by atoms with E-state index in [-0.39, 0.29) is 152 Å². The van der Waals surface area contributed by atoms with Crippen LogP contribution in [0, 0.1) is 11.6 Å². The number of nitrogens with zero attached hydrogens (tertiary/aromatic N) is 4. The van der Waals surface area contributed by atoms with Crippen molar-refractivity contribution in [1.82, 2.24) is 19.8 Å². The first-order valence-corrected chi connectivity index (χ1v) is 38.0. The van der Waals surface area contributed by atoms with Gasteiger partial charge in [-0.15, -0.1) is 0 Å². The fraction of sp³-hybridized carbons (Fsp3) is 0.484. The first-order chi connectivity index (χ1) is 41.6. The van der Waals surface area contributed by atoms with E-state index in [2.05, 4.69) is 93.1 Å². The van der Waals surface area contributed by atoms with Gasteiger partial charge in [-0.2, -0.15) is 0 Å². The maximum absolute atomic E-state index is 14.3. The molecular weight excluding hydrogens is 1240 g/mol. The Morgan fingerprint density at radius 2 is 0.867 bits per heavy atom. The summed E-state index contributed by atoms with van der Waals surface area (Å²) in [7, 11) is -12.6. The standard InChI is InChI=1S/C32H44FN2O7PSi.C32H42FN2O7PSi.B.Na.H/c2*1-9-40-43(38,41-10-2)19-39-29-25-12-11-17-34-28(25)30(42-44(20(3)4,21(5)6)22(7)8)27-26(29)31(36)35(32(27)37)18-23-13-15-24(33)16-14-23;;;/h11-17,20-22,31,36H,9-10,18-19H2,1-8H3;11-17,20-22H,9-10,18-19H2,1-8H3;;;/q;;;+1;-1. The van der Waals surface area contributed by atoms with Crippen LogP contribution in [-0.4, -0.2) is 107 Å². The molecule has 0 saturated carbocycles. The number of aliphatic hydroxyl groups excluding tert-OH is 1. The van der Waals surface area contributed by atoms with E-state index < -0.39 is 80.1 Å². The summed E-state index contributed by atoms with van der Waals surface area (Å²) in [5.41, 5.74) is 3.45. The third kappa shape index (κ3) is 15.3. The number of ether oxygens (including phenoxy) is 2. The summed E-state index contributed by atoms with van der Waals surface area (Å²) in [6, 6.07) is 18.3. The van der Waals surface area contributed by atoms with Crippen LogP contribution in [0.3, 0.4) is 0 Å².